The van der Waals surface area contributed by atoms with Crippen molar-refractivity contribution in [1.29, 1.82) is 0 Å². The number of hydrogen-bond donors (Lipinski definition) is 0. The summed E-state index contributed by atoms with van der Waals surface area (Å²) in [5.41, 5.74) is 0.821. The van der Waals surface area contributed by atoms with Gasteiger partial charge in [0.25, 0.3) is 0 Å². The summed E-state index contributed by atoms with van der Waals surface area (Å²) in [4.78, 5) is 11.2. The van der Waals surface area contributed by atoms with Crippen molar-refractivity contribution in [1.82, 2.24) is 5.16 Å². The van der Waals surface area contributed by atoms with Gasteiger partial charge in [-0.3, -0.25) is 4.79 Å². The van der Waals surface area contributed by atoms with Gasteiger partial charge in [0.05, 0.1) is 12.1 Å². The summed E-state index contributed by atoms with van der Waals surface area (Å²) in [6, 6.07) is 1.79. The van der Waals surface area contributed by atoms with Gasteiger partial charge >= 0.3 is 0 Å². The Morgan fingerprint density at radius 3 is 2.75 bits per heavy atom. The van der Waals surface area contributed by atoms with Crippen LogP contribution in [-0.2, 0) is 11.2 Å². The molecule has 0 aliphatic carbocycles. The number of aromatic nitrogens is 1. The van der Waals surface area contributed by atoms with Crippen LogP contribution >= 0.6 is 0 Å². The summed E-state index contributed by atoms with van der Waals surface area (Å²) in [7, 11) is 0. The van der Waals surface area contributed by atoms with Crippen LogP contribution in [0.1, 0.15) is 25.3 Å². The molecule has 0 saturated carbocycles. The highest BCUT2D eigenvalue weighted by molar-refractivity contribution is 5.82. The SMILES string of the molecule is Cc1cc(CC(=O)C(C)C)on1. The molecule has 66 valence electrons. The van der Waals surface area contributed by atoms with Crippen molar-refractivity contribution in [2.24, 2.45) is 5.92 Å². The maximum absolute atomic E-state index is 11.2. The minimum atomic E-state index is 0.0652. The quantitative estimate of drug-likeness (QED) is 0.688. The number of nitrogens with zero attached hydrogens (tertiary/aromatic N) is 1. The number of rotatable bonds is 3. The Labute approximate surface area is 71.7 Å². The van der Waals surface area contributed by atoms with Gasteiger partial charge in [-0.25, -0.2) is 0 Å². The second-order valence-electron chi connectivity index (χ2n) is 3.23. The molecule has 3 heteroatoms. The normalized spacial score (nSPS) is 10.7. The molecular formula is C9H13NO2. The lowest BCUT2D eigenvalue weighted by Gasteiger charge is -1.99. The molecule has 0 fully saturated rings. The van der Waals surface area contributed by atoms with Crippen molar-refractivity contribution in [3.63, 3.8) is 0 Å². The molecule has 3 nitrogen and oxygen atoms in total. The maximum atomic E-state index is 11.2. The van der Waals surface area contributed by atoms with Crippen molar-refractivity contribution >= 4 is 5.78 Å². The molecule has 1 heterocycles. The van der Waals surface area contributed by atoms with Crippen molar-refractivity contribution < 1.29 is 9.32 Å². The van der Waals surface area contributed by atoms with Crippen LogP contribution in [0.15, 0.2) is 10.6 Å². The minimum Gasteiger partial charge on any atom is -0.361 e. The van der Waals surface area contributed by atoms with E-state index in [1.165, 1.54) is 0 Å². The Morgan fingerprint density at radius 2 is 2.33 bits per heavy atom. The summed E-state index contributed by atoms with van der Waals surface area (Å²) in [5, 5.41) is 3.70. The minimum absolute atomic E-state index is 0.0652. The zero-order chi connectivity index (χ0) is 9.14. The first kappa shape index (κ1) is 8.97. The van der Waals surface area contributed by atoms with Crippen LogP contribution in [-0.4, -0.2) is 10.9 Å². The van der Waals surface area contributed by atoms with E-state index < -0.39 is 0 Å². The summed E-state index contributed by atoms with van der Waals surface area (Å²) in [6.45, 7) is 5.60. The molecule has 0 unspecified atom stereocenters. The summed E-state index contributed by atoms with van der Waals surface area (Å²) in [5.74, 6) is 0.910. The second kappa shape index (κ2) is 3.52. The van der Waals surface area contributed by atoms with Gasteiger partial charge < -0.3 is 4.52 Å². The van der Waals surface area contributed by atoms with E-state index in [2.05, 4.69) is 5.16 Å². The lowest BCUT2D eigenvalue weighted by Crippen LogP contribution is -2.09. The van der Waals surface area contributed by atoms with Crippen LogP contribution in [0.4, 0.5) is 0 Å². The summed E-state index contributed by atoms with van der Waals surface area (Å²) in [6.07, 6.45) is 0.360. The van der Waals surface area contributed by atoms with Crippen molar-refractivity contribution in [2.45, 2.75) is 27.2 Å². The molecule has 0 bridgehead atoms. The lowest BCUT2D eigenvalue weighted by molar-refractivity contribution is -0.121. The van der Waals surface area contributed by atoms with Crippen molar-refractivity contribution in [2.75, 3.05) is 0 Å². The number of carbonyl (C=O) groups excluding carboxylic acids is 1. The molecule has 0 N–H and O–H groups in total. The number of hydrogen-bond acceptors (Lipinski definition) is 3. The molecule has 0 spiro atoms. The van der Waals surface area contributed by atoms with E-state index in [1.54, 1.807) is 6.07 Å². The Morgan fingerprint density at radius 1 is 1.67 bits per heavy atom. The van der Waals surface area contributed by atoms with Gasteiger partial charge in [-0.15, -0.1) is 0 Å². The zero-order valence-electron chi connectivity index (χ0n) is 7.63. The highest BCUT2D eigenvalue weighted by Gasteiger charge is 2.10. The zero-order valence-corrected chi connectivity index (χ0v) is 7.63. The molecule has 0 aliphatic heterocycles. The van der Waals surface area contributed by atoms with E-state index in [-0.39, 0.29) is 11.7 Å². The van der Waals surface area contributed by atoms with Gasteiger partial charge in [-0.1, -0.05) is 19.0 Å². The lowest BCUT2D eigenvalue weighted by atomic mass is 10.1. The molecule has 0 saturated heterocycles. The maximum Gasteiger partial charge on any atom is 0.144 e. The largest absolute Gasteiger partial charge is 0.361 e. The van der Waals surface area contributed by atoms with E-state index in [9.17, 15) is 4.79 Å². The third-order valence-corrected chi connectivity index (χ3v) is 1.67. The number of carbonyl (C=O) groups is 1. The fourth-order valence-electron chi connectivity index (χ4n) is 0.875. The van der Waals surface area contributed by atoms with E-state index in [1.807, 2.05) is 20.8 Å². The predicted octanol–water partition coefficient (Wildman–Crippen LogP) is 1.75. The Hall–Kier alpha value is -1.12. The fourth-order valence-corrected chi connectivity index (χ4v) is 0.875. The highest BCUT2D eigenvalue weighted by atomic mass is 16.5. The number of ketones is 1. The van der Waals surface area contributed by atoms with Gasteiger partial charge in [0.15, 0.2) is 0 Å². The Balaban J connectivity index is 2.58. The van der Waals surface area contributed by atoms with E-state index in [0.717, 1.165) is 5.69 Å². The van der Waals surface area contributed by atoms with Gasteiger partial charge in [-0.2, -0.15) is 0 Å². The third-order valence-electron chi connectivity index (χ3n) is 1.67. The van der Waals surface area contributed by atoms with E-state index >= 15 is 0 Å². The fraction of sp³-hybridized carbons (Fsp3) is 0.556. The predicted molar refractivity (Wildman–Crippen MR) is 44.8 cm³/mol. The molecule has 1 aromatic rings. The van der Waals surface area contributed by atoms with Crippen LogP contribution in [0.5, 0.6) is 0 Å². The molecule has 12 heavy (non-hydrogen) atoms. The average Bonchev–Trinajstić information content (AvgIpc) is 2.35. The van der Waals surface area contributed by atoms with Crippen LogP contribution in [0, 0.1) is 12.8 Å². The van der Waals surface area contributed by atoms with Crippen LogP contribution in [0.25, 0.3) is 0 Å². The third kappa shape index (κ3) is 2.19. The molecule has 0 atom stereocenters. The van der Waals surface area contributed by atoms with E-state index in [0.29, 0.717) is 12.2 Å². The van der Waals surface area contributed by atoms with Gasteiger partial charge in [0.2, 0.25) is 0 Å². The summed E-state index contributed by atoms with van der Waals surface area (Å²) < 4.78 is 4.91. The second-order valence-corrected chi connectivity index (χ2v) is 3.23. The smallest absolute Gasteiger partial charge is 0.144 e. The summed E-state index contributed by atoms with van der Waals surface area (Å²) >= 11 is 0. The molecule has 0 aromatic carbocycles. The van der Waals surface area contributed by atoms with Gasteiger partial charge in [0.1, 0.15) is 11.5 Å². The standard InChI is InChI=1S/C9H13NO2/c1-6(2)9(11)5-8-4-7(3)10-12-8/h4,6H,5H2,1-3H3. The monoisotopic (exact) mass is 167 g/mol. The first-order chi connectivity index (χ1) is 5.59. The van der Waals surface area contributed by atoms with Gasteiger partial charge in [0, 0.05) is 12.0 Å². The van der Waals surface area contributed by atoms with Crippen molar-refractivity contribution in [3.05, 3.63) is 17.5 Å². The highest BCUT2D eigenvalue weighted by Crippen LogP contribution is 2.06. The number of aryl methyl sites for hydroxylation is 1. The first-order valence-electron chi connectivity index (χ1n) is 4.04. The topological polar surface area (TPSA) is 43.1 Å². The van der Waals surface area contributed by atoms with Crippen LogP contribution in [0.2, 0.25) is 0 Å². The Kier molecular flexibility index (Phi) is 2.63. The first-order valence-corrected chi connectivity index (χ1v) is 4.04. The van der Waals surface area contributed by atoms with Gasteiger partial charge in [-0.05, 0) is 6.92 Å². The Bertz CT molecular complexity index is 276. The molecular weight excluding hydrogens is 154 g/mol. The van der Waals surface area contributed by atoms with Crippen molar-refractivity contribution in [3.8, 4) is 0 Å². The van der Waals surface area contributed by atoms with E-state index in [4.69, 9.17) is 4.52 Å². The van der Waals surface area contributed by atoms with Crippen LogP contribution < -0.4 is 0 Å². The molecule has 0 radical (unpaired) electrons. The molecule has 0 amide bonds. The van der Waals surface area contributed by atoms with Crippen LogP contribution in [0.3, 0.4) is 0 Å². The number of Topliss-reactive ketones (excluding diaryl/α,β-unsaturated/α-hetero) is 1. The average molecular weight is 167 g/mol. The molecule has 1 rings (SSSR count). The molecule has 0 aliphatic rings. The molecule has 1 aromatic heterocycles.